The Bertz CT molecular complexity index is 1040. The van der Waals surface area contributed by atoms with Crippen molar-refractivity contribution in [1.29, 1.82) is 0 Å². The molecule has 4 rings (SSSR count). The largest absolute Gasteiger partial charge is 0.492 e. The second-order valence-corrected chi connectivity index (χ2v) is 10.6. The van der Waals surface area contributed by atoms with Gasteiger partial charge in [-0.25, -0.2) is 0 Å². The Labute approximate surface area is 212 Å². The molecule has 0 spiro atoms. The van der Waals surface area contributed by atoms with E-state index in [-0.39, 0.29) is 0 Å². The molecule has 2 heterocycles. The average Bonchev–Trinajstić information content (AvgIpc) is 3.58. The van der Waals surface area contributed by atoms with E-state index in [0.29, 0.717) is 0 Å². The van der Waals surface area contributed by atoms with Crippen molar-refractivity contribution >= 4 is 33.4 Å². The molecule has 0 fully saturated rings. The van der Waals surface area contributed by atoms with Crippen LogP contribution in [0.2, 0.25) is 0 Å². The molecule has 180 valence electrons. The number of unbranched alkanes of at least 4 members (excludes halogenated alkanes) is 6. The standard InChI is InChI=1S/C30H36O2S2/c1-3-5-7-9-19-31-29-23-15-18-26(28-14-12-22-34-28)30(32-20-10-8-6-4-2)24(23)16-17-25(29)27-13-11-21-33-27/h11-18,21-22H,3-10,19-20H2,1-2H3. The van der Waals surface area contributed by atoms with E-state index in [0.717, 1.165) is 48.3 Å². The molecular formula is C30H36O2S2. The lowest BCUT2D eigenvalue weighted by Crippen LogP contribution is -2.02. The molecule has 0 aliphatic heterocycles. The molecule has 0 bridgehead atoms. The maximum atomic E-state index is 6.52. The number of rotatable bonds is 14. The normalized spacial score (nSPS) is 11.2. The summed E-state index contributed by atoms with van der Waals surface area (Å²) in [6.07, 6.45) is 9.59. The van der Waals surface area contributed by atoms with E-state index in [1.165, 1.54) is 59.4 Å². The van der Waals surface area contributed by atoms with Gasteiger partial charge in [0, 0.05) is 31.7 Å². The molecule has 34 heavy (non-hydrogen) atoms. The number of thiophene rings is 2. The minimum Gasteiger partial charge on any atom is -0.492 e. The van der Waals surface area contributed by atoms with Crippen LogP contribution in [0.3, 0.4) is 0 Å². The molecule has 0 aliphatic rings. The monoisotopic (exact) mass is 492 g/mol. The first-order chi connectivity index (χ1) is 16.8. The Morgan fingerprint density at radius 1 is 0.559 bits per heavy atom. The third kappa shape index (κ3) is 6.03. The minimum absolute atomic E-state index is 0.747. The van der Waals surface area contributed by atoms with Gasteiger partial charge in [-0.2, -0.15) is 0 Å². The van der Waals surface area contributed by atoms with Crippen LogP contribution < -0.4 is 9.47 Å². The smallest absolute Gasteiger partial charge is 0.135 e. The molecule has 2 aromatic carbocycles. The van der Waals surface area contributed by atoms with Crippen LogP contribution in [0.25, 0.3) is 31.7 Å². The predicted octanol–water partition coefficient (Wildman–Crippen LogP) is 10.2. The Balaban J connectivity index is 1.73. The topological polar surface area (TPSA) is 18.5 Å². The van der Waals surface area contributed by atoms with Crippen LogP contribution in [-0.2, 0) is 0 Å². The van der Waals surface area contributed by atoms with Gasteiger partial charge in [0.2, 0.25) is 0 Å². The quantitative estimate of drug-likeness (QED) is 0.163. The van der Waals surface area contributed by atoms with Crippen molar-refractivity contribution in [3.63, 3.8) is 0 Å². The van der Waals surface area contributed by atoms with Crippen LogP contribution in [0.5, 0.6) is 11.5 Å². The molecule has 4 heteroatoms. The predicted molar refractivity (Wildman–Crippen MR) is 150 cm³/mol. The molecule has 0 aliphatic carbocycles. The van der Waals surface area contributed by atoms with E-state index >= 15 is 0 Å². The fraction of sp³-hybridized carbons (Fsp3) is 0.400. The SMILES string of the molecule is CCCCCCOc1c(-c2cccs2)ccc2c(OCCCCCC)c(-c3cccs3)ccc12. The van der Waals surface area contributed by atoms with Crippen LogP contribution in [0.1, 0.15) is 65.2 Å². The van der Waals surface area contributed by atoms with Gasteiger partial charge < -0.3 is 9.47 Å². The van der Waals surface area contributed by atoms with Crippen LogP contribution >= 0.6 is 22.7 Å². The van der Waals surface area contributed by atoms with Gasteiger partial charge in [0.15, 0.2) is 0 Å². The van der Waals surface area contributed by atoms with Gasteiger partial charge in [-0.15, -0.1) is 22.7 Å². The van der Waals surface area contributed by atoms with Gasteiger partial charge in [0.1, 0.15) is 11.5 Å². The summed E-state index contributed by atoms with van der Waals surface area (Å²) in [5, 5.41) is 6.56. The third-order valence-electron chi connectivity index (χ3n) is 6.16. The van der Waals surface area contributed by atoms with Crippen molar-refractivity contribution in [3.8, 4) is 32.4 Å². The van der Waals surface area contributed by atoms with Gasteiger partial charge in [0.25, 0.3) is 0 Å². The lowest BCUT2D eigenvalue weighted by molar-refractivity contribution is 0.306. The average molecular weight is 493 g/mol. The van der Waals surface area contributed by atoms with E-state index in [2.05, 4.69) is 73.1 Å². The molecular weight excluding hydrogens is 456 g/mol. The van der Waals surface area contributed by atoms with Crippen molar-refractivity contribution in [2.24, 2.45) is 0 Å². The maximum absolute atomic E-state index is 6.52. The summed E-state index contributed by atoms with van der Waals surface area (Å²) in [5.74, 6) is 1.98. The Kier molecular flexibility index (Phi) is 9.46. The number of hydrogen-bond donors (Lipinski definition) is 0. The molecule has 0 unspecified atom stereocenters. The molecule has 0 saturated carbocycles. The van der Waals surface area contributed by atoms with E-state index in [1.54, 1.807) is 22.7 Å². The lowest BCUT2D eigenvalue weighted by Gasteiger charge is -2.18. The summed E-state index contributed by atoms with van der Waals surface area (Å²) in [6, 6.07) is 17.5. The molecule has 2 aromatic heterocycles. The molecule has 0 radical (unpaired) electrons. The summed E-state index contributed by atoms with van der Waals surface area (Å²) in [7, 11) is 0. The minimum atomic E-state index is 0.747. The Morgan fingerprint density at radius 2 is 1.03 bits per heavy atom. The zero-order chi connectivity index (χ0) is 23.6. The summed E-state index contributed by atoms with van der Waals surface area (Å²) in [5.41, 5.74) is 2.35. The fourth-order valence-corrected chi connectivity index (χ4v) is 5.82. The van der Waals surface area contributed by atoms with Crippen molar-refractivity contribution in [2.75, 3.05) is 13.2 Å². The van der Waals surface area contributed by atoms with Crippen LogP contribution in [0.4, 0.5) is 0 Å². The number of hydrogen-bond acceptors (Lipinski definition) is 4. The number of ether oxygens (including phenoxy) is 2. The molecule has 0 atom stereocenters. The third-order valence-corrected chi connectivity index (χ3v) is 7.97. The molecule has 0 saturated heterocycles. The number of fused-ring (bicyclic) bond motifs is 1. The maximum Gasteiger partial charge on any atom is 0.135 e. The van der Waals surface area contributed by atoms with Gasteiger partial charge in [-0.1, -0.05) is 64.5 Å². The number of benzene rings is 2. The first-order valence-electron chi connectivity index (χ1n) is 12.8. The van der Waals surface area contributed by atoms with Crippen molar-refractivity contribution in [1.82, 2.24) is 0 Å². The highest BCUT2D eigenvalue weighted by atomic mass is 32.1. The molecule has 2 nitrogen and oxygen atoms in total. The van der Waals surface area contributed by atoms with Gasteiger partial charge in [-0.3, -0.25) is 0 Å². The first kappa shape index (κ1) is 24.8. The second kappa shape index (κ2) is 13.0. The van der Waals surface area contributed by atoms with E-state index < -0.39 is 0 Å². The van der Waals surface area contributed by atoms with Crippen molar-refractivity contribution in [2.45, 2.75) is 65.2 Å². The van der Waals surface area contributed by atoms with Crippen LogP contribution in [-0.4, -0.2) is 13.2 Å². The highest BCUT2D eigenvalue weighted by Crippen LogP contribution is 2.45. The highest BCUT2D eigenvalue weighted by molar-refractivity contribution is 7.13. The van der Waals surface area contributed by atoms with E-state index in [1.807, 2.05) is 0 Å². The second-order valence-electron chi connectivity index (χ2n) is 8.75. The summed E-state index contributed by atoms with van der Waals surface area (Å²) >= 11 is 3.53. The van der Waals surface area contributed by atoms with Gasteiger partial charge in [0.05, 0.1) is 13.2 Å². The summed E-state index contributed by atoms with van der Waals surface area (Å²) in [6.45, 7) is 5.99. The van der Waals surface area contributed by atoms with Crippen molar-refractivity contribution in [3.05, 3.63) is 59.3 Å². The van der Waals surface area contributed by atoms with Crippen LogP contribution in [0, 0.1) is 0 Å². The lowest BCUT2D eigenvalue weighted by atomic mass is 9.99. The van der Waals surface area contributed by atoms with Crippen LogP contribution in [0.15, 0.2) is 59.3 Å². The van der Waals surface area contributed by atoms with E-state index in [9.17, 15) is 0 Å². The Hall–Kier alpha value is -2.30. The molecule has 4 aromatic rings. The molecule has 0 amide bonds. The fourth-order valence-electron chi connectivity index (χ4n) is 4.32. The highest BCUT2D eigenvalue weighted by Gasteiger charge is 2.18. The van der Waals surface area contributed by atoms with E-state index in [4.69, 9.17) is 9.47 Å². The first-order valence-corrected chi connectivity index (χ1v) is 14.5. The molecule has 0 N–H and O–H groups in total. The van der Waals surface area contributed by atoms with Gasteiger partial charge >= 0.3 is 0 Å². The Morgan fingerprint density at radius 3 is 1.41 bits per heavy atom. The zero-order valence-electron chi connectivity index (χ0n) is 20.5. The van der Waals surface area contributed by atoms with Crippen molar-refractivity contribution < 1.29 is 9.47 Å². The zero-order valence-corrected chi connectivity index (χ0v) is 22.1. The summed E-state index contributed by atoms with van der Waals surface area (Å²) < 4.78 is 13.0. The van der Waals surface area contributed by atoms with Gasteiger partial charge in [-0.05, 0) is 60.0 Å². The summed E-state index contributed by atoms with van der Waals surface area (Å²) in [4.78, 5) is 2.49.